The SMILES string of the molecule is COc1ccc(Nc2nc(Nc3cc(C)ccc3C)nc(N3CCN(C)CC3)n2)cc1. The van der Waals surface area contributed by atoms with Gasteiger partial charge in [0.25, 0.3) is 0 Å². The van der Waals surface area contributed by atoms with Crippen LogP contribution in [0.5, 0.6) is 5.75 Å². The maximum absolute atomic E-state index is 5.24. The Bertz CT molecular complexity index is 1030. The summed E-state index contributed by atoms with van der Waals surface area (Å²) in [5.74, 6) is 2.50. The van der Waals surface area contributed by atoms with Gasteiger partial charge in [0.2, 0.25) is 17.8 Å². The second-order valence-electron chi connectivity index (χ2n) is 7.87. The van der Waals surface area contributed by atoms with Crippen LogP contribution in [0.15, 0.2) is 42.5 Å². The predicted molar refractivity (Wildman–Crippen MR) is 125 cm³/mol. The lowest BCUT2D eigenvalue weighted by atomic mass is 10.1. The number of anilines is 5. The van der Waals surface area contributed by atoms with Crippen molar-refractivity contribution in [1.29, 1.82) is 0 Å². The zero-order valence-electron chi connectivity index (χ0n) is 18.5. The molecule has 1 aliphatic rings. The van der Waals surface area contributed by atoms with Crippen LogP contribution in [0, 0.1) is 13.8 Å². The number of likely N-dealkylation sites (N-methyl/N-ethyl adjacent to an activating group) is 1. The largest absolute Gasteiger partial charge is 0.497 e. The van der Waals surface area contributed by atoms with Crippen LogP contribution in [0.4, 0.5) is 29.2 Å². The zero-order chi connectivity index (χ0) is 21.8. The molecule has 162 valence electrons. The van der Waals surface area contributed by atoms with Gasteiger partial charge < -0.3 is 25.2 Å². The van der Waals surface area contributed by atoms with Crippen LogP contribution in [0.1, 0.15) is 11.1 Å². The highest BCUT2D eigenvalue weighted by Crippen LogP contribution is 2.24. The molecule has 0 saturated carbocycles. The van der Waals surface area contributed by atoms with E-state index in [0.29, 0.717) is 17.8 Å². The number of aromatic nitrogens is 3. The summed E-state index contributed by atoms with van der Waals surface area (Å²) in [6, 6.07) is 14.0. The molecule has 8 nitrogen and oxygen atoms in total. The normalized spacial score (nSPS) is 14.4. The summed E-state index contributed by atoms with van der Waals surface area (Å²) in [7, 11) is 3.79. The highest BCUT2D eigenvalue weighted by atomic mass is 16.5. The average molecular weight is 420 g/mol. The number of aryl methyl sites for hydroxylation is 2. The van der Waals surface area contributed by atoms with Gasteiger partial charge in [-0.25, -0.2) is 0 Å². The highest BCUT2D eigenvalue weighted by molar-refractivity contribution is 5.62. The minimum atomic E-state index is 0.502. The Morgan fingerprint density at radius 3 is 2.19 bits per heavy atom. The molecule has 4 rings (SSSR count). The Labute approximate surface area is 183 Å². The van der Waals surface area contributed by atoms with E-state index in [1.807, 2.05) is 24.3 Å². The van der Waals surface area contributed by atoms with Crippen molar-refractivity contribution in [3.63, 3.8) is 0 Å². The molecular weight excluding hydrogens is 390 g/mol. The smallest absolute Gasteiger partial charge is 0.233 e. The first-order valence-corrected chi connectivity index (χ1v) is 10.4. The number of nitrogens with one attached hydrogen (secondary N) is 2. The average Bonchev–Trinajstić information content (AvgIpc) is 2.77. The van der Waals surface area contributed by atoms with Crippen LogP contribution < -0.4 is 20.3 Å². The van der Waals surface area contributed by atoms with Gasteiger partial charge in [-0.1, -0.05) is 12.1 Å². The fourth-order valence-electron chi connectivity index (χ4n) is 3.42. The number of ether oxygens (including phenoxy) is 1. The second-order valence-corrected chi connectivity index (χ2v) is 7.87. The molecule has 0 radical (unpaired) electrons. The van der Waals surface area contributed by atoms with Crippen LogP contribution in [-0.2, 0) is 0 Å². The number of nitrogens with zero attached hydrogens (tertiary/aromatic N) is 5. The van der Waals surface area contributed by atoms with Crippen LogP contribution >= 0.6 is 0 Å². The summed E-state index contributed by atoms with van der Waals surface area (Å²) in [5.41, 5.74) is 4.19. The van der Waals surface area contributed by atoms with Crippen molar-refractivity contribution in [1.82, 2.24) is 19.9 Å². The topological polar surface area (TPSA) is 78.4 Å². The number of benzene rings is 2. The number of hydrogen-bond acceptors (Lipinski definition) is 8. The minimum absolute atomic E-state index is 0.502. The van der Waals surface area contributed by atoms with Crippen molar-refractivity contribution in [3.8, 4) is 5.75 Å². The number of rotatable bonds is 6. The van der Waals surface area contributed by atoms with Crippen molar-refractivity contribution in [2.24, 2.45) is 0 Å². The molecular formula is C23H29N7O. The summed E-state index contributed by atoms with van der Waals surface area (Å²) in [5, 5.41) is 6.69. The van der Waals surface area contributed by atoms with E-state index in [9.17, 15) is 0 Å². The monoisotopic (exact) mass is 419 g/mol. The summed E-state index contributed by atoms with van der Waals surface area (Å²) in [6.07, 6.45) is 0. The van der Waals surface area contributed by atoms with E-state index < -0.39 is 0 Å². The van der Waals surface area contributed by atoms with E-state index >= 15 is 0 Å². The Kier molecular flexibility index (Phi) is 6.18. The maximum Gasteiger partial charge on any atom is 0.233 e. The van der Waals surface area contributed by atoms with Gasteiger partial charge in [0, 0.05) is 37.6 Å². The first-order chi connectivity index (χ1) is 15.0. The van der Waals surface area contributed by atoms with Gasteiger partial charge in [0.15, 0.2) is 0 Å². The standard InChI is InChI=1S/C23H29N7O/c1-16-5-6-17(2)20(15-16)25-22-26-21(24-18-7-9-19(31-4)10-8-18)27-23(28-22)30-13-11-29(3)12-14-30/h5-10,15H,11-14H2,1-4H3,(H2,24,25,26,27,28). The molecule has 3 aromatic rings. The fourth-order valence-corrected chi connectivity index (χ4v) is 3.42. The molecule has 1 aliphatic heterocycles. The highest BCUT2D eigenvalue weighted by Gasteiger charge is 2.19. The first kappa shape index (κ1) is 20.9. The number of methoxy groups -OCH3 is 1. The molecule has 0 unspecified atom stereocenters. The van der Waals surface area contributed by atoms with Crippen molar-refractivity contribution in [3.05, 3.63) is 53.6 Å². The molecule has 1 aromatic heterocycles. The van der Waals surface area contributed by atoms with E-state index in [4.69, 9.17) is 14.7 Å². The Morgan fingerprint density at radius 2 is 1.52 bits per heavy atom. The van der Waals surface area contributed by atoms with Crippen molar-refractivity contribution in [2.75, 3.05) is 55.9 Å². The lowest BCUT2D eigenvalue weighted by Gasteiger charge is -2.32. The van der Waals surface area contributed by atoms with E-state index in [1.54, 1.807) is 7.11 Å². The van der Waals surface area contributed by atoms with Crippen LogP contribution in [0.2, 0.25) is 0 Å². The number of hydrogen-bond donors (Lipinski definition) is 2. The molecule has 31 heavy (non-hydrogen) atoms. The lowest BCUT2D eigenvalue weighted by Crippen LogP contribution is -2.45. The van der Waals surface area contributed by atoms with Crippen molar-refractivity contribution in [2.45, 2.75) is 13.8 Å². The minimum Gasteiger partial charge on any atom is -0.497 e. The third-order valence-corrected chi connectivity index (χ3v) is 5.40. The summed E-state index contributed by atoms with van der Waals surface area (Å²) >= 11 is 0. The van der Waals surface area contributed by atoms with Crippen molar-refractivity contribution >= 4 is 29.2 Å². The first-order valence-electron chi connectivity index (χ1n) is 10.4. The zero-order valence-corrected chi connectivity index (χ0v) is 18.5. The van der Waals surface area contributed by atoms with E-state index in [2.05, 4.69) is 64.5 Å². The summed E-state index contributed by atoms with van der Waals surface area (Å²) in [6.45, 7) is 7.86. The molecule has 2 N–H and O–H groups in total. The Balaban J connectivity index is 1.64. The predicted octanol–water partition coefficient (Wildman–Crippen LogP) is 3.74. The fraction of sp³-hybridized carbons (Fsp3) is 0.348. The lowest BCUT2D eigenvalue weighted by molar-refractivity contribution is 0.311. The quantitative estimate of drug-likeness (QED) is 0.626. The van der Waals surface area contributed by atoms with Crippen LogP contribution in [0.25, 0.3) is 0 Å². The molecule has 2 heterocycles. The second kappa shape index (κ2) is 9.18. The maximum atomic E-state index is 5.24. The molecule has 0 aliphatic carbocycles. The third kappa shape index (κ3) is 5.21. The van der Waals surface area contributed by atoms with Gasteiger partial charge in [0.05, 0.1) is 7.11 Å². The van der Waals surface area contributed by atoms with E-state index in [-0.39, 0.29) is 0 Å². The van der Waals surface area contributed by atoms with E-state index in [0.717, 1.165) is 48.9 Å². The van der Waals surface area contributed by atoms with Gasteiger partial charge in [-0.3, -0.25) is 0 Å². The third-order valence-electron chi connectivity index (χ3n) is 5.40. The van der Waals surface area contributed by atoms with Gasteiger partial charge in [0.1, 0.15) is 5.75 Å². The van der Waals surface area contributed by atoms with E-state index in [1.165, 1.54) is 5.56 Å². The van der Waals surface area contributed by atoms with Crippen LogP contribution in [-0.4, -0.2) is 60.2 Å². The van der Waals surface area contributed by atoms with Crippen molar-refractivity contribution < 1.29 is 4.74 Å². The molecule has 1 fully saturated rings. The van der Waals surface area contributed by atoms with Gasteiger partial charge in [-0.15, -0.1) is 0 Å². The Morgan fingerprint density at radius 1 is 0.839 bits per heavy atom. The number of piperazine rings is 1. The molecule has 0 amide bonds. The molecule has 0 atom stereocenters. The molecule has 8 heteroatoms. The molecule has 2 aromatic carbocycles. The van der Waals surface area contributed by atoms with Gasteiger partial charge >= 0.3 is 0 Å². The van der Waals surface area contributed by atoms with Gasteiger partial charge in [-0.2, -0.15) is 15.0 Å². The summed E-state index contributed by atoms with van der Waals surface area (Å²) < 4.78 is 5.24. The molecule has 0 bridgehead atoms. The van der Waals surface area contributed by atoms with Gasteiger partial charge in [-0.05, 0) is 62.4 Å². The summed E-state index contributed by atoms with van der Waals surface area (Å²) in [4.78, 5) is 18.6. The van der Waals surface area contributed by atoms with Crippen LogP contribution in [0.3, 0.4) is 0 Å². The Hall–Kier alpha value is -3.39. The molecule has 1 saturated heterocycles. The molecule has 0 spiro atoms.